The minimum atomic E-state index is -0.342. The van der Waals surface area contributed by atoms with Gasteiger partial charge in [0.1, 0.15) is 23.8 Å². The van der Waals surface area contributed by atoms with Crippen LogP contribution in [0.2, 0.25) is 5.15 Å². The molecule has 2 aromatic carbocycles. The van der Waals surface area contributed by atoms with E-state index in [4.69, 9.17) is 21.1 Å². The van der Waals surface area contributed by atoms with Gasteiger partial charge in [-0.05, 0) is 37.1 Å². The van der Waals surface area contributed by atoms with Gasteiger partial charge in [0.05, 0.1) is 31.5 Å². The second-order valence-corrected chi connectivity index (χ2v) is 8.62. The summed E-state index contributed by atoms with van der Waals surface area (Å²) >= 11 is 6.24. The highest BCUT2D eigenvalue weighted by atomic mass is 35.5. The van der Waals surface area contributed by atoms with E-state index in [9.17, 15) is 9.50 Å². The molecule has 0 saturated heterocycles. The Labute approximate surface area is 214 Å². The Kier molecular flexibility index (Phi) is 8.56. The highest BCUT2D eigenvalue weighted by Gasteiger charge is 2.16. The first-order chi connectivity index (χ1) is 17.5. The topological polar surface area (TPSA) is 94.3 Å². The number of fused-ring (bicyclic) bond motifs is 1. The van der Waals surface area contributed by atoms with E-state index in [1.165, 1.54) is 18.5 Å². The molecule has 0 fully saturated rings. The van der Waals surface area contributed by atoms with Crippen molar-refractivity contribution < 1.29 is 19.0 Å². The second-order valence-electron chi connectivity index (χ2n) is 8.26. The molecular weight excluding hydrogens is 485 g/mol. The predicted octanol–water partition coefficient (Wildman–Crippen LogP) is 5.68. The van der Waals surface area contributed by atoms with Crippen molar-refractivity contribution in [2.45, 2.75) is 45.8 Å². The van der Waals surface area contributed by atoms with Crippen molar-refractivity contribution in [3.8, 4) is 11.5 Å². The van der Waals surface area contributed by atoms with E-state index in [-0.39, 0.29) is 12.4 Å². The van der Waals surface area contributed by atoms with Crippen molar-refractivity contribution in [1.29, 1.82) is 0 Å². The van der Waals surface area contributed by atoms with Gasteiger partial charge in [-0.15, -0.1) is 0 Å². The van der Waals surface area contributed by atoms with Crippen molar-refractivity contribution in [2.75, 3.05) is 19.0 Å². The number of anilines is 2. The summed E-state index contributed by atoms with van der Waals surface area (Å²) in [5, 5.41) is 14.0. The average molecular weight is 514 g/mol. The molecule has 2 heterocycles. The molecule has 8 nitrogen and oxygen atoms in total. The zero-order valence-electron chi connectivity index (χ0n) is 20.3. The van der Waals surface area contributed by atoms with Gasteiger partial charge in [0.15, 0.2) is 16.7 Å². The van der Waals surface area contributed by atoms with Crippen LogP contribution in [0.25, 0.3) is 10.9 Å². The van der Waals surface area contributed by atoms with Crippen LogP contribution in [0.4, 0.5) is 15.9 Å². The Bertz CT molecular complexity index is 1330. The Morgan fingerprint density at radius 3 is 2.75 bits per heavy atom. The van der Waals surface area contributed by atoms with E-state index in [1.54, 1.807) is 25.3 Å². The van der Waals surface area contributed by atoms with E-state index in [2.05, 4.69) is 27.2 Å². The normalized spacial score (nSPS) is 11.1. The first-order valence-electron chi connectivity index (χ1n) is 11.9. The van der Waals surface area contributed by atoms with Crippen LogP contribution in [0, 0.1) is 5.82 Å². The first-order valence-corrected chi connectivity index (χ1v) is 12.2. The Morgan fingerprint density at radius 2 is 2.00 bits per heavy atom. The van der Waals surface area contributed by atoms with Crippen LogP contribution in [0.15, 0.2) is 42.7 Å². The van der Waals surface area contributed by atoms with E-state index < -0.39 is 0 Å². The van der Waals surface area contributed by atoms with Crippen LogP contribution < -0.4 is 14.8 Å². The number of aliphatic hydroxyl groups excluding tert-OH is 1. The molecule has 0 atom stereocenters. The molecule has 0 radical (unpaired) electrons. The lowest BCUT2D eigenvalue weighted by atomic mass is 10.2. The van der Waals surface area contributed by atoms with Crippen LogP contribution in [-0.4, -0.2) is 38.3 Å². The zero-order chi connectivity index (χ0) is 25.5. The number of hydrogen-bond acceptors (Lipinski definition) is 7. The number of imidazole rings is 1. The number of methoxy groups -OCH3 is 1. The molecular formula is C26H29ClFN5O3. The summed E-state index contributed by atoms with van der Waals surface area (Å²) in [7, 11) is 1.57. The standard InChI is InChI=1S/C26H29ClFN5O3/c1-3-4-9-24-32-25(27)21(15-34)33(24)10-6-11-36-23-13-19-20(14-22(23)35-2)29-16-30-26(19)31-18-8-5-7-17(28)12-18/h5,7-8,12-14,16,34H,3-4,6,9-11,15H2,1-2H3,(H,29,30,31). The molecule has 0 saturated carbocycles. The third-order valence-corrected chi connectivity index (χ3v) is 6.10. The van der Waals surface area contributed by atoms with Crippen molar-refractivity contribution >= 4 is 34.0 Å². The molecule has 0 amide bonds. The van der Waals surface area contributed by atoms with Crippen molar-refractivity contribution in [3.63, 3.8) is 0 Å². The number of unbranched alkanes of at least 4 members (excludes halogenated alkanes) is 1. The molecule has 0 aliphatic rings. The molecule has 0 bridgehead atoms. The third kappa shape index (κ3) is 5.85. The summed E-state index contributed by atoms with van der Waals surface area (Å²) in [5.41, 5.74) is 1.86. The highest BCUT2D eigenvalue weighted by Crippen LogP contribution is 2.35. The zero-order valence-corrected chi connectivity index (χ0v) is 21.1. The monoisotopic (exact) mass is 513 g/mol. The molecule has 2 N–H and O–H groups in total. The first kappa shape index (κ1) is 25.7. The van der Waals surface area contributed by atoms with E-state index in [0.29, 0.717) is 64.3 Å². The minimum absolute atomic E-state index is 0.168. The molecule has 0 aliphatic carbocycles. The summed E-state index contributed by atoms with van der Waals surface area (Å²) in [6.07, 6.45) is 4.95. The van der Waals surface area contributed by atoms with Crippen molar-refractivity contribution in [2.24, 2.45) is 0 Å². The van der Waals surface area contributed by atoms with E-state index in [0.717, 1.165) is 25.1 Å². The largest absolute Gasteiger partial charge is 0.493 e. The lowest BCUT2D eigenvalue weighted by Gasteiger charge is -2.15. The number of aliphatic hydroxyl groups is 1. The fourth-order valence-electron chi connectivity index (χ4n) is 3.99. The number of rotatable bonds is 12. The van der Waals surface area contributed by atoms with Crippen LogP contribution in [0.1, 0.15) is 37.7 Å². The molecule has 2 aromatic heterocycles. The van der Waals surface area contributed by atoms with Gasteiger partial charge >= 0.3 is 0 Å². The SMILES string of the molecule is CCCCc1nc(Cl)c(CO)n1CCCOc1cc2c(Nc3cccc(F)c3)ncnc2cc1OC. The molecule has 36 heavy (non-hydrogen) atoms. The van der Waals surface area contributed by atoms with Crippen molar-refractivity contribution in [1.82, 2.24) is 19.5 Å². The maximum Gasteiger partial charge on any atom is 0.162 e. The number of hydrogen-bond donors (Lipinski definition) is 2. The fourth-order valence-corrected chi connectivity index (χ4v) is 4.25. The number of nitrogens with zero attached hydrogens (tertiary/aromatic N) is 4. The second kappa shape index (κ2) is 12.0. The van der Waals surface area contributed by atoms with Gasteiger partial charge in [-0.1, -0.05) is 31.0 Å². The van der Waals surface area contributed by atoms with E-state index >= 15 is 0 Å². The maximum atomic E-state index is 13.6. The predicted molar refractivity (Wildman–Crippen MR) is 138 cm³/mol. The Morgan fingerprint density at radius 1 is 1.14 bits per heavy atom. The highest BCUT2D eigenvalue weighted by molar-refractivity contribution is 6.30. The van der Waals surface area contributed by atoms with Gasteiger partial charge in [-0.2, -0.15) is 0 Å². The lowest BCUT2D eigenvalue weighted by Crippen LogP contribution is -2.11. The molecule has 0 spiro atoms. The fraction of sp³-hybridized carbons (Fsp3) is 0.346. The maximum absolute atomic E-state index is 13.6. The molecule has 4 aromatic rings. The Balaban J connectivity index is 1.51. The number of aromatic nitrogens is 4. The van der Waals surface area contributed by atoms with Gasteiger partial charge in [0, 0.05) is 30.1 Å². The van der Waals surface area contributed by atoms with Crippen LogP contribution in [0.3, 0.4) is 0 Å². The molecule has 10 heteroatoms. The summed E-state index contributed by atoms with van der Waals surface area (Å²) in [4.78, 5) is 13.1. The van der Waals surface area contributed by atoms with Crippen molar-refractivity contribution in [3.05, 3.63) is 65.2 Å². The number of nitrogens with one attached hydrogen (secondary N) is 1. The molecule has 0 aliphatic heterocycles. The van der Waals surface area contributed by atoms with Gasteiger partial charge in [-0.25, -0.2) is 19.3 Å². The average Bonchev–Trinajstić information content (AvgIpc) is 3.18. The number of halogens is 2. The lowest BCUT2D eigenvalue weighted by molar-refractivity contribution is 0.261. The van der Waals surface area contributed by atoms with Gasteiger partial charge in [0.25, 0.3) is 0 Å². The number of benzene rings is 2. The summed E-state index contributed by atoms with van der Waals surface area (Å²) in [5.74, 6) is 2.15. The van der Waals surface area contributed by atoms with Crippen LogP contribution in [-0.2, 0) is 19.6 Å². The summed E-state index contributed by atoms with van der Waals surface area (Å²) < 4.78 is 27.2. The van der Waals surface area contributed by atoms with Gasteiger partial charge in [0.2, 0.25) is 0 Å². The quantitative estimate of drug-likeness (QED) is 0.235. The molecule has 0 unspecified atom stereocenters. The van der Waals surface area contributed by atoms with Gasteiger partial charge in [-0.3, -0.25) is 0 Å². The van der Waals surface area contributed by atoms with Crippen LogP contribution >= 0.6 is 11.6 Å². The molecule has 4 rings (SSSR count). The number of aryl methyl sites for hydroxylation is 1. The van der Waals surface area contributed by atoms with Crippen LogP contribution in [0.5, 0.6) is 11.5 Å². The smallest absolute Gasteiger partial charge is 0.162 e. The summed E-state index contributed by atoms with van der Waals surface area (Å²) in [6, 6.07) is 9.76. The van der Waals surface area contributed by atoms with E-state index in [1.807, 2.05) is 10.6 Å². The minimum Gasteiger partial charge on any atom is -0.493 e. The molecule has 190 valence electrons. The number of ether oxygens (including phenoxy) is 2. The Hall–Kier alpha value is -3.43. The summed E-state index contributed by atoms with van der Waals surface area (Å²) in [6.45, 7) is 2.96. The van der Waals surface area contributed by atoms with Gasteiger partial charge < -0.3 is 24.5 Å². The third-order valence-electron chi connectivity index (χ3n) is 5.80.